The number of aliphatic hydroxyl groups excluding tert-OH is 1. The van der Waals surface area contributed by atoms with Crippen molar-refractivity contribution in [2.24, 2.45) is 0 Å². The van der Waals surface area contributed by atoms with E-state index in [9.17, 15) is 13.5 Å². The van der Waals surface area contributed by atoms with Crippen LogP contribution < -0.4 is 0 Å². The number of rotatable bonds is 6. The number of aliphatic hydroxyl groups is 1. The molecule has 1 aromatic heterocycles. The third-order valence-corrected chi connectivity index (χ3v) is 5.09. The molecule has 1 N–H and O–H groups in total. The minimum Gasteiger partial charge on any atom is -0.386 e. The third-order valence-electron chi connectivity index (χ3n) is 4.17. The monoisotopic (exact) mass is 361 g/mol. The van der Waals surface area contributed by atoms with Crippen molar-refractivity contribution in [2.45, 2.75) is 19.2 Å². The van der Waals surface area contributed by atoms with Gasteiger partial charge < -0.3 is 5.11 Å². The molecule has 0 saturated carbocycles. The van der Waals surface area contributed by atoms with Crippen LogP contribution in [-0.2, 0) is 22.9 Å². The number of benzene rings is 1. The summed E-state index contributed by atoms with van der Waals surface area (Å²) in [5, 5.41) is 14.4. The Balaban J connectivity index is 1.61. The highest BCUT2D eigenvalue weighted by Gasteiger charge is 2.22. The zero-order valence-corrected chi connectivity index (χ0v) is 15.1. The first kappa shape index (κ1) is 17.8. The molecule has 1 atom stereocenters. The van der Waals surface area contributed by atoms with Crippen LogP contribution in [0.25, 0.3) is 6.08 Å². The van der Waals surface area contributed by atoms with Gasteiger partial charge in [0.05, 0.1) is 23.7 Å². The summed E-state index contributed by atoms with van der Waals surface area (Å²) >= 11 is 0. The van der Waals surface area contributed by atoms with E-state index in [1.807, 2.05) is 28.9 Å². The smallest absolute Gasteiger partial charge is 0.150 e. The summed E-state index contributed by atoms with van der Waals surface area (Å²) in [5.74, 6) is -0.299. The number of nitrogens with zero attached hydrogens (tertiary/aromatic N) is 3. The highest BCUT2D eigenvalue weighted by Crippen LogP contribution is 2.19. The lowest BCUT2D eigenvalue weighted by Gasteiger charge is -2.26. The molecular weight excluding hydrogens is 338 g/mol. The molecule has 0 fully saturated rings. The van der Waals surface area contributed by atoms with Gasteiger partial charge in [-0.2, -0.15) is 5.10 Å². The first-order chi connectivity index (χ1) is 11.9. The maximum Gasteiger partial charge on any atom is 0.150 e. The summed E-state index contributed by atoms with van der Waals surface area (Å²) in [6, 6.07) is 12.0. The normalized spacial score (nSPS) is 16.9. The molecule has 3 rings (SSSR count). The zero-order valence-electron chi connectivity index (χ0n) is 14.2. The number of hydrogen-bond acceptors (Lipinski definition) is 5. The van der Waals surface area contributed by atoms with Gasteiger partial charge in [0, 0.05) is 25.9 Å². The molecule has 2 aromatic rings. The fourth-order valence-corrected chi connectivity index (χ4v) is 3.68. The second kappa shape index (κ2) is 7.51. The fourth-order valence-electron chi connectivity index (χ4n) is 2.94. The van der Waals surface area contributed by atoms with Gasteiger partial charge in [0.1, 0.15) is 15.9 Å². The van der Waals surface area contributed by atoms with E-state index >= 15 is 0 Å². The molecule has 0 saturated heterocycles. The lowest BCUT2D eigenvalue weighted by Crippen LogP contribution is -2.33. The van der Waals surface area contributed by atoms with E-state index in [0.717, 1.165) is 38.1 Å². The summed E-state index contributed by atoms with van der Waals surface area (Å²) in [7, 11) is -3.24. The number of hydrogen-bond donors (Lipinski definition) is 1. The number of aromatic nitrogens is 2. The van der Waals surface area contributed by atoms with Crippen LogP contribution in [0.3, 0.4) is 0 Å². The molecular formula is C18H23N3O3S. The van der Waals surface area contributed by atoms with Gasteiger partial charge >= 0.3 is 0 Å². The Hall–Kier alpha value is -1.96. The second-order valence-corrected chi connectivity index (χ2v) is 8.62. The molecule has 7 heteroatoms. The standard InChI is InChI=1S/C18H23N3O3S/c1-25(23,24)14-18(22)17-12-16-13-20(10-11-21(16)19-17)9-5-8-15-6-3-2-4-7-15/h2-8,12,18,22H,9-11,13-14H2,1H3/b8-5+/t18-/m0/s1. The van der Waals surface area contributed by atoms with Crippen molar-refractivity contribution >= 4 is 15.9 Å². The summed E-state index contributed by atoms with van der Waals surface area (Å²) in [6.07, 6.45) is 4.29. The SMILES string of the molecule is CS(=O)(=O)C[C@H](O)c1cc2n(n1)CCN(C/C=C/c1ccccc1)C2. The first-order valence-corrected chi connectivity index (χ1v) is 10.3. The summed E-state index contributed by atoms with van der Waals surface area (Å²) < 4.78 is 24.5. The van der Waals surface area contributed by atoms with Crippen molar-refractivity contribution in [1.29, 1.82) is 0 Å². The molecule has 0 radical (unpaired) electrons. The molecule has 0 spiro atoms. The Morgan fingerprint density at radius 3 is 2.76 bits per heavy atom. The maximum atomic E-state index is 11.3. The topological polar surface area (TPSA) is 75.4 Å². The Morgan fingerprint density at radius 1 is 1.28 bits per heavy atom. The summed E-state index contributed by atoms with van der Waals surface area (Å²) in [5.41, 5.74) is 2.61. The molecule has 0 unspecified atom stereocenters. The van der Waals surface area contributed by atoms with Crippen molar-refractivity contribution in [1.82, 2.24) is 14.7 Å². The van der Waals surface area contributed by atoms with Crippen LogP contribution in [-0.4, -0.2) is 53.3 Å². The van der Waals surface area contributed by atoms with Gasteiger partial charge in [-0.1, -0.05) is 42.5 Å². The van der Waals surface area contributed by atoms with E-state index in [1.54, 1.807) is 0 Å². The Kier molecular flexibility index (Phi) is 5.36. The van der Waals surface area contributed by atoms with Crippen molar-refractivity contribution in [3.8, 4) is 0 Å². The minimum absolute atomic E-state index is 0.299. The molecule has 2 heterocycles. The van der Waals surface area contributed by atoms with Gasteiger partial charge in [-0.15, -0.1) is 0 Å². The number of fused-ring (bicyclic) bond motifs is 1. The number of sulfone groups is 1. The van der Waals surface area contributed by atoms with Crippen LogP contribution in [0.4, 0.5) is 0 Å². The summed E-state index contributed by atoms with van der Waals surface area (Å²) in [6.45, 7) is 3.18. The van der Waals surface area contributed by atoms with Crippen LogP contribution in [0, 0.1) is 0 Å². The van der Waals surface area contributed by atoms with E-state index in [4.69, 9.17) is 0 Å². The van der Waals surface area contributed by atoms with Gasteiger partial charge in [-0.3, -0.25) is 9.58 Å². The predicted molar refractivity (Wildman–Crippen MR) is 97.7 cm³/mol. The van der Waals surface area contributed by atoms with E-state index in [2.05, 4.69) is 34.3 Å². The molecule has 134 valence electrons. The van der Waals surface area contributed by atoms with Gasteiger partial charge in [-0.05, 0) is 11.6 Å². The molecule has 0 aliphatic carbocycles. The lowest BCUT2D eigenvalue weighted by atomic mass is 10.2. The van der Waals surface area contributed by atoms with E-state index in [0.29, 0.717) is 5.69 Å². The highest BCUT2D eigenvalue weighted by atomic mass is 32.2. The predicted octanol–water partition coefficient (Wildman–Crippen LogP) is 1.49. The lowest BCUT2D eigenvalue weighted by molar-refractivity contribution is 0.194. The quantitative estimate of drug-likeness (QED) is 0.844. The van der Waals surface area contributed by atoms with Crippen LogP contribution in [0.1, 0.15) is 23.1 Å². The van der Waals surface area contributed by atoms with Crippen molar-refractivity contribution in [2.75, 3.05) is 25.1 Å². The second-order valence-electron chi connectivity index (χ2n) is 6.44. The van der Waals surface area contributed by atoms with Crippen LogP contribution in [0.2, 0.25) is 0 Å². The highest BCUT2D eigenvalue weighted by molar-refractivity contribution is 7.90. The Bertz CT molecular complexity index is 844. The molecule has 0 bridgehead atoms. The van der Waals surface area contributed by atoms with Gasteiger partial charge in [-0.25, -0.2) is 8.42 Å². The van der Waals surface area contributed by atoms with E-state index < -0.39 is 15.9 Å². The summed E-state index contributed by atoms with van der Waals surface area (Å²) in [4.78, 5) is 2.29. The molecule has 1 aliphatic heterocycles. The van der Waals surface area contributed by atoms with Crippen LogP contribution in [0.5, 0.6) is 0 Å². The van der Waals surface area contributed by atoms with Gasteiger partial charge in [0.25, 0.3) is 0 Å². The zero-order chi connectivity index (χ0) is 17.9. The average Bonchev–Trinajstić information content (AvgIpc) is 2.98. The van der Waals surface area contributed by atoms with E-state index in [-0.39, 0.29) is 5.75 Å². The molecule has 25 heavy (non-hydrogen) atoms. The first-order valence-electron chi connectivity index (χ1n) is 8.27. The Labute approximate surface area is 148 Å². The molecule has 1 aliphatic rings. The van der Waals surface area contributed by atoms with Crippen LogP contribution in [0.15, 0.2) is 42.5 Å². The van der Waals surface area contributed by atoms with Crippen molar-refractivity contribution in [3.63, 3.8) is 0 Å². The van der Waals surface area contributed by atoms with Gasteiger partial charge in [0.15, 0.2) is 0 Å². The van der Waals surface area contributed by atoms with Crippen molar-refractivity contribution in [3.05, 3.63) is 59.4 Å². The minimum atomic E-state index is -3.24. The fraction of sp³-hybridized carbons (Fsp3) is 0.389. The van der Waals surface area contributed by atoms with Gasteiger partial charge in [0.2, 0.25) is 0 Å². The van der Waals surface area contributed by atoms with E-state index in [1.165, 1.54) is 5.56 Å². The van der Waals surface area contributed by atoms with Crippen LogP contribution >= 0.6 is 0 Å². The largest absolute Gasteiger partial charge is 0.386 e. The Morgan fingerprint density at radius 2 is 2.04 bits per heavy atom. The molecule has 6 nitrogen and oxygen atoms in total. The molecule has 1 aromatic carbocycles. The average molecular weight is 361 g/mol. The maximum absolute atomic E-state index is 11.3. The molecule has 0 amide bonds. The third kappa shape index (κ3) is 5.01. The van der Waals surface area contributed by atoms with Crippen molar-refractivity contribution < 1.29 is 13.5 Å².